The number of nitrogens with zero attached hydrogens (tertiary/aromatic N) is 2. The van der Waals surface area contributed by atoms with Gasteiger partial charge >= 0.3 is 6.18 Å². The molecule has 0 aliphatic heterocycles. The van der Waals surface area contributed by atoms with E-state index in [1.165, 1.54) is 12.5 Å². The fourth-order valence-corrected chi connectivity index (χ4v) is 2.76. The van der Waals surface area contributed by atoms with Crippen molar-refractivity contribution >= 4 is 5.82 Å². The number of rotatable bonds is 4. The molecule has 112 valence electrons. The highest BCUT2D eigenvalue weighted by Crippen LogP contribution is 2.31. The van der Waals surface area contributed by atoms with Crippen LogP contribution in [0.1, 0.15) is 37.8 Å². The average Bonchev–Trinajstić information content (AvgIpc) is 2.45. The fraction of sp³-hybridized carbons (Fsp3) is 0.643. The molecule has 0 bridgehead atoms. The third-order valence-electron chi connectivity index (χ3n) is 3.70. The Morgan fingerprint density at radius 3 is 2.50 bits per heavy atom. The largest absolute Gasteiger partial charge is 0.433 e. The molecule has 0 aromatic carbocycles. The summed E-state index contributed by atoms with van der Waals surface area (Å²) in [6, 6.07) is 4.31. The van der Waals surface area contributed by atoms with Gasteiger partial charge in [0.05, 0.1) is 0 Å². The monoisotopic (exact) mass is 287 g/mol. The molecule has 3 nitrogen and oxygen atoms in total. The van der Waals surface area contributed by atoms with Crippen LogP contribution in [-0.4, -0.2) is 24.1 Å². The van der Waals surface area contributed by atoms with E-state index in [1.54, 1.807) is 6.07 Å². The van der Waals surface area contributed by atoms with E-state index in [1.807, 2.05) is 4.90 Å². The number of anilines is 1. The second kappa shape index (κ2) is 6.43. The molecular weight excluding hydrogens is 267 g/mol. The van der Waals surface area contributed by atoms with Crippen molar-refractivity contribution in [3.63, 3.8) is 0 Å². The first-order valence-electron chi connectivity index (χ1n) is 7.03. The van der Waals surface area contributed by atoms with Gasteiger partial charge in [0.1, 0.15) is 11.5 Å². The second-order valence-electron chi connectivity index (χ2n) is 5.15. The maximum absolute atomic E-state index is 12.8. The zero-order chi connectivity index (χ0) is 14.6. The zero-order valence-electron chi connectivity index (χ0n) is 11.4. The van der Waals surface area contributed by atoms with Gasteiger partial charge in [0.2, 0.25) is 0 Å². The number of alkyl halides is 3. The molecule has 0 atom stereocenters. The molecule has 0 spiro atoms. The summed E-state index contributed by atoms with van der Waals surface area (Å²) in [5.74, 6) is 0.386. The van der Waals surface area contributed by atoms with E-state index in [0.29, 0.717) is 18.9 Å². The Bertz CT molecular complexity index is 428. The Balaban J connectivity index is 2.24. The molecule has 1 fully saturated rings. The molecule has 0 saturated heterocycles. The van der Waals surface area contributed by atoms with Gasteiger partial charge in [-0.1, -0.05) is 25.3 Å². The van der Waals surface area contributed by atoms with Crippen LogP contribution in [0.15, 0.2) is 18.2 Å². The van der Waals surface area contributed by atoms with Crippen LogP contribution in [0.3, 0.4) is 0 Å². The molecule has 0 unspecified atom stereocenters. The van der Waals surface area contributed by atoms with Gasteiger partial charge in [-0.25, -0.2) is 4.98 Å². The van der Waals surface area contributed by atoms with E-state index < -0.39 is 11.9 Å². The van der Waals surface area contributed by atoms with Crippen molar-refractivity contribution in [2.45, 2.75) is 44.3 Å². The molecule has 6 heteroatoms. The number of aromatic nitrogens is 1. The van der Waals surface area contributed by atoms with Gasteiger partial charge in [-0.3, -0.25) is 0 Å². The lowest BCUT2D eigenvalue weighted by Gasteiger charge is -2.35. The van der Waals surface area contributed by atoms with Crippen molar-refractivity contribution in [1.82, 2.24) is 4.98 Å². The van der Waals surface area contributed by atoms with Crippen LogP contribution in [0, 0.1) is 0 Å². The van der Waals surface area contributed by atoms with E-state index in [9.17, 15) is 13.2 Å². The Morgan fingerprint density at radius 2 is 1.90 bits per heavy atom. The number of pyridine rings is 1. The van der Waals surface area contributed by atoms with Gasteiger partial charge in [-0.05, 0) is 25.0 Å². The average molecular weight is 287 g/mol. The Hall–Kier alpha value is -1.30. The Morgan fingerprint density at radius 1 is 1.20 bits per heavy atom. The van der Waals surface area contributed by atoms with Crippen molar-refractivity contribution in [3.8, 4) is 0 Å². The predicted molar refractivity (Wildman–Crippen MR) is 72.5 cm³/mol. The number of halogens is 3. The SMILES string of the molecule is NCCN(c1cccc(C(F)(F)F)n1)C1CCCCC1. The van der Waals surface area contributed by atoms with Crippen LogP contribution in [0.2, 0.25) is 0 Å². The molecule has 1 aliphatic carbocycles. The molecule has 1 saturated carbocycles. The summed E-state index contributed by atoms with van der Waals surface area (Å²) in [5.41, 5.74) is 4.77. The van der Waals surface area contributed by atoms with Gasteiger partial charge in [-0.15, -0.1) is 0 Å². The molecule has 1 aromatic heterocycles. The fourth-order valence-electron chi connectivity index (χ4n) is 2.76. The highest BCUT2D eigenvalue weighted by Gasteiger charge is 2.33. The van der Waals surface area contributed by atoms with E-state index in [4.69, 9.17) is 5.73 Å². The van der Waals surface area contributed by atoms with Crippen LogP contribution < -0.4 is 10.6 Å². The van der Waals surface area contributed by atoms with E-state index >= 15 is 0 Å². The highest BCUT2D eigenvalue weighted by atomic mass is 19.4. The minimum absolute atomic E-state index is 0.253. The predicted octanol–water partition coefficient (Wildman–Crippen LogP) is 3.20. The summed E-state index contributed by atoms with van der Waals surface area (Å²) in [6.45, 7) is 0.952. The molecule has 1 aromatic rings. The third kappa shape index (κ3) is 3.62. The summed E-state index contributed by atoms with van der Waals surface area (Å²) in [4.78, 5) is 5.72. The van der Waals surface area contributed by atoms with E-state index in [0.717, 1.165) is 31.7 Å². The van der Waals surface area contributed by atoms with Gasteiger partial charge in [-0.2, -0.15) is 13.2 Å². The molecule has 1 heterocycles. The number of nitrogens with two attached hydrogens (primary N) is 1. The summed E-state index contributed by atoms with van der Waals surface area (Å²) in [7, 11) is 0. The van der Waals surface area contributed by atoms with Crippen LogP contribution in [0.4, 0.5) is 19.0 Å². The minimum Gasteiger partial charge on any atom is -0.352 e. The first-order valence-corrected chi connectivity index (χ1v) is 7.03. The standard InChI is InChI=1S/C14H20F3N3/c15-14(16,17)12-7-4-8-13(19-12)20(10-9-18)11-5-2-1-3-6-11/h4,7-8,11H,1-3,5-6,9-10,18H2. The summed E-state index contributed by atoms with van der Waals surface area (Å²) < 4.78 is 38.3. The highest BCUT2D eigenvalue weighted by molar-refractivity contribution is 5.41. The Labute approximate surface area is 117 Å². The number of hydrogen-bond donors (Lipinski definition) is 1. The van der Waals surface area contributed by atoms with Crippen LogP contribution in [0.5, 0.6) is 0 Å². The van der Waals surface area contributed by atoms with Gasteiger partial charge in [0.25, 0.3) is 0 Å². The van der Waals surface area contributed by atoms with Gasteiger partial charge in [0, 0.05) is 19.1 Å². The summed E-state index contributed by atoms with van der Waals surface area (Å²) in [5, 5.41) is 0. The molecule has 0 amide bonds. The van der Waals surface area contributed by atoms with Crippen LogP contribution in [0.25, 0.3) is 0 Å². The van der Waals surface area contributed by atoms with Crippen molar-refractivity contribution in [2.24, 2.45) is 5.73 Å². The molecule has 2 rings (SSSR count). The lowest BCUT2D eigenvalue weighted by molar-refractivity contribution is -0.141. The lowest BCUT2D eigenvalue weighted by atomic mass is 9.94. The molecule has 1 aliphatic rings. The van der Waals surface area contributed by atoms with Crippen LogP contribution in [-0.2, 0) is 6.18 Å². The first kappa shape index (κ1) is 15.1. The van der Waals surface area contributed by atoms with Crippen molar-refractivity contribution in [3.05, 3.63) is 23.9 Å². The molecule has 20 heavy (non-hydrogen) atoms. The molecule has 0 radical (unpaired) electrons. The maximum atomic E-state index is 12.8. The summed E-state index contributed by atoms with van der Waals surface area (Å²) >= 11 is 0. The van der Waals surface area contributed by atoms with Crippen molar-refractivity contribution < 1.29 is 13.2 Å². The van der Waals surface area contributed by atoms with Crippen LogP contribution >= 0.6 is 0 Å². The van der Waals surface area contributed by atoms with E-state index in [-0.39, 0.29) is 6.04 Å². The second-order valence-corrected chi connectivity index (χ2v) is 5.15. The van der Waals surface area contributed by atoms with Crippen molar-refractivity contribution in [1.29, 1.82) is 0 Å². The maximum Gasteiger partial charge on any atom is 0.433 e. The van der Waals surface area contributed by atoms with Gasteiger partial charge < -0.3 is 10.6 Å². The zero-order valence-corrected chi connectivity index (χ0v) is 11.4. The quantitative estimate of drug-likeness (QED) is 0.924. The first-order chi connectivity index (χ1) is 9.52. The topological polar surface area (TPSA) is 42.1 Å². The third-order valence-corrected chi connectivity index (χ3v) is 3.70. The van der Waals surface area contributed by atoms with Gasteiger partial charge in [0.15, 0.2) is 0 Å². The normalized spacial score (nSPS) is 17.2. The minimum atomic E-state index is -4.41. The lowest BCUT2D eigenvalue weighted by Crippen LogP contribution is -2.40. The summed E-state index contributed by atoms with van der Waals surface area (Å²) in [6.07, 6.45) is 1.02. The smallest absolute Gasteiger partial charge is 0.352 e. The molecular formula is C14H20F3N3. The Kier molecular flexibility index (Phi) is 4.86. The molecule has 2 N–H and O–H groups in total. The number of hydrogen-bond acceptors (Lipinski definition) is 3. The van der Waals surface area contributed by atoms with Crippen molar-refractivity contribution in [2.75, 3.05) is 18.0 Å². The van der Waals surface area contributed by atoms with E-state index in [2.05, 4.69) is 4.98 Å².